The van der Waals surface area contributed by atoms with Gasteiger partial charge in [0.05, 0.1) is 22.3 Å². The lowest BCUT2D eigenvalue weighted by Gasteiger charge is -2.35. The Bertz CT molecular complexity index is 1800. The van der Waals surface area contributed by atoms with Gasteiger partial charge >= 0.3 is 12.4 Å². The van der Waals surface area contributed by atoms with Crippen molar-refractivity contribution in [3.8, 4) is 11.3 Å². The first-order valence-electron chi connectivity index (χ1n) is 14.1. The van der Waals surface area contributed by atoms with Gasteiger partial charge in [0.15, 0.2) is 0 Å². The number of alkyl halides is 6. The molecule has 0 aliphatic carbocycles. The summed E-state index contributed by atoms with van der Waals surface area (Å²) in [7, 11) is 0. The maximum absolute atomic E-state index is 13.8. The van der Waals surface area contributed by atoms with Gasteiger partial charge < -0.3 is 5.32 Å². The Morgan fingerprint density at radius 2 is 1.64 bits per heavy atom. The highest BCUT2D eigenvalue weighted by atomic mass is 19.4. The van der Waals surface area contributed by atoms with Gasteiger partial charge in [0.1, 0.15) is 11.6 Å². The fourth-order valence-electron chi connectivity index (χ4n) is 5.65. The molecule has 1 unspecified atom stereocenters. The minimum absolute atomic E-state index is 0.182. The Kier molecular flexibility index (Phi) is 7.75. The molecule has 5 aromatic rings. The lowest BCUT2D eigenvalue weighted by molar-refractivity contribution is -0.138. The number of anilines is 2. The SMILES string of the molecule is CC1c2ccccc2CCN1CCc1nc(Nc2ccc(C(F)(F)F)cc2)c2ccc(-c3ncccc3C(F)(F)F)cc2n1. The largest absolute Gasteiger partial charge is 0.418 e. The van der Waals surface area contributed by atoms with Gasteiger partial charge in [-0.1, -0.05) is 30.3 Å². The quantitative estimate of drug-likeness (QED) is 0.196. The second-order valence-corrected chi connectivity index (χ2v) is 10.7. The Labute approximate surface area is 249 Å². The number of halogens is 6. The van der Waals surface area contributed by atoms with Crippen molar-refractivity contribution in [1.82, 2.24) is 19.9 Å². The Morgan fingerprint density at radius 1 is 0.864 bits per heavy atom. The Morgan fingerprint density at radius 3 is 2.39 bits per heavy atom. The van der Waals surface area contributed by atoms with Crippen molar-refractivity contribution in [2.24, 2.45) is 0 Å². The maximum atomic E-state index is 13.8. The number of hydrogen-bond acceptors (Lipinski definition) is 5. The number of hydrogen-bond donors (Lipinski definition) is 1. The van der Waals surface area contributed by atoms with E-state index in [0.29, 0.717) is 41.2 Å². The van der Waals surface area contributed by atoms with E-state index >= 15 is 0 Å². The molecule has 0 bridgehead atoms. The van der Waals surface area contributed by atoms with E-state index in [1.165, 1.54) is 47.7 Å². The number of fused-ring (bicyclic) bond motifs is 2. The Balaban J connectivity index is 1.36. The zero-order valence-electron chi connectivity index (χ0n) is 23.5. The smallest absolute Gasteiger partial charge is 0.340 e. The van der Waals surface area contributed by atoms with E-state index in [-0.39, 0.29) is 17.3 Å². The van der Waals surface area contributed by atoms with E-state index < -0.39 is 23.5 Å². The average Bonchev–Trinajstić information content (AvgIpc) is 3.00. The van der Waals surface area contributed by atoms with Crippen LogP contribution in [0.5, 0.6) is 0 Å². The van der Waals surface area contributed by atoms with Crippen molar-refractivity contribution in [1.29, 1.82) is 0 Å². The summed E-state index contributed by atoms with van der Waals surface area (Å²) in [6.07, 6.45) is -6.42. The van der Waals surface area contributed by atoms with E-state index in [9.17, 15) is 26.3 Å². The number of rotatable bonds is 6. The molecule has 226 valence electrons. The standard InChI is InChI=1S/C33H27F6N5/c1-20-25-6-3-2-5-21(25)14-17-44(20)18-15-29-42-28-19-22(30-27(33(37,38)39)7-4-16-40-30)8-13-26(28)31(43-29)41-24-11-9-23(10-12-24)32(34,35)36/h2-13,16,19-20H,14-15,17-18H2,1H3,(H,41,42,43). The van der Waals surface area contributed by atoms with Crippen molar-refractivity contribution in [3.63, 3.8) is 0 Å². The molecule has 1 aliphatic rings. The second-order valence-electron chi connectivity index (χ2n) is 10.7. The van der Waals surface area contributed by atoms with Gasteiger partial charge in [-0.25, -0.2) is 9.97 Å². The third kappa shape index (κ3) is 6.10. The fourth-order valence-corrected chi connectivity index (χ4v) is 5.65. The van der Waals surface area contributed by atoms with E-state index in [2.05, 4.69) is 34.3 Å². The van der Waals surface area contributed by atoms with Gasteiger partial charge in [0.2, 0.25) is 0 Å². The first kappa shape index (κ1) is 29.6. The highest BCUT2D eigenvalue weighted by Gasteiger charge is 2.34. The van der Waals surface area contributed by atoms with Crippen LogP contribution in [0.1, 0.15) is 41.0 Å². The summed E-state index contributed by atoms with van der Waals surface area (Å²) in [6.45, 7) is 3.64. The molecule has 0 spiro atoms. The minimum atomic E-state index is -4.60. The summed E-state index contributed by atoms with van der Waals surface area (Å²) >= 11 is 0. The van der Waals surface area contributed by atoms with Crippen molar-refractivity contribution < 1.29 is 26.3 Å². The molecule has 0 radical (unpaired) electrons. The summed E-state index contributed by atoms with van der Waals surface area (Å²) in [5.41, 5.74) is 1.71. The van der Waals surface area contributed by atoms with Gasteiger partial charge in [0.25, 0.3) is 0 Å². The van der Waals surface area contributed by atoms with Crippen LogP contribution in [0, 0.1) is 0 Å². The fraction of sp³-hybridized carbons (Fsp3) is 0.242. The lowest BCUT2D eigenvalue weighted by Crippen LogP contribution is -2.35. The van der Waals surface area contributed by atoms with Gasteiger partial charge in [-0.05, 0) is 73.0 Å². The highest BCUT2D eigenvalue weighted by molar-refractivity contribution is 5.93. The molecule has 1 atom stereocenters. The molecule has 6 rings (SSSR count). The van der Waals surface area contributed by atoms with Gasteiger partial charge in [-0.3, -0.25) is 9.88 Å². The predicted molar refractivity (Wildman–Crippen MR) is 156 cm³/mol. The molecule has 2 aromatic heterocycles. The van der Waals surface area contributed by atoms with Crippen LogP contribution in [0.15, 0.2) is 85.1 Å². The van der Waals surface area contributed by atoms with Crippen LogP contribution in [0.3, 0.4) is 0 Å². The van der Waals surface area contributed by atoms with Crippen LogP contribution >= 0.6 is 0 Å². The summed E-state index contributed by atoms with van der Waals surface area (Å²) in [5.74, 6) is 0.789. The summed E-state index contributed by atoms with van der Waals surface area (Å²) in [6, 6.07) is 19.9. The number of benzene rings is 3. The molecule has 3 aromatic carbocycles. The van der Waals surface area contributed by atoms with Crippen molar-refractivity contribution in [2.45, 2.75) is 38.2 Å². The van der Waals surface area contributed by atoms with Crippen LogP contribution in [0.25, 0.3) is 22.2 Å². The molecule has 1 N–H and O–H groups in total. The molecule has 5 nitrogen and oxygen atoms in total. The van der Waals surface area contributed by atoms with Crippen LogP contribution in [-0.4, -0.2) is 32.9 Å². The molecule has 0 fully saturated rings. The zero-order valence-corrected chi connectivity index (χ0v) is 23.5. The number of nitrogens with zero attached hydrogens (tertiary/aromatic N) is 4. The second kappa shape index (κ2) is 11.5. The summed E-state index contributed by atoms with van der Waals surface area (Å²) < 4.78 is 80.7. The molecule has 0 saturated heterocycles. The molecule has 11 heteroatoms. The average molecular weight is 608 g/mol. The molecule has 0 amide bonds. The van der Waals surface area contributed by atoms with E-state index in [1.807, 2.05) is 12.1 Å². The van der Waals surface area contributed by atoms with Crippen LogP contribution in [0.2, 0.25) is 0 Å². The van der Waals surface area contributed by atoms with E-state index in [4.69, 9.17) is 9.97 Å². The maximum Gasteiger partial charge on any atom is 0.418 e. The third-order valence-electron chi connectivity index (χ3n) is 7.95. The van der Waals surface area contributed by atoms with Gasteiger partial charge in [0, 0.05) is 48.4 Å². The molecule has 0 saturated carbocycles. The van der Waals surface area contributed by atoms with Crippen LogP contribution in [-0.2, 0) is 25.2 Å². The van der Waals surface area contributed by atoms with Crippen LogP contribution in [0.4, 0.5) is 37.8 Å². The molecule has 44 heavy (non-hydrogen) atoms. The highest BCUT2D eigenvalue weighted by Crippen LogP contribution is 2.37. The van der Waals surface area contributed by atoms with Crippen molar-refractivity contribution >= 4 is 22.4 Å². The monoisotopic (exact) mass is 607 g/mol. The van der Waals surface area contributed by atoms with Gasteiger partial charge in [-0.15, -0.1) is 0 Å². The normalized spacial score (nSPS) is 15.8. The minimum Gasteiger partial charge on any atom is -0.340 e. The number of pyridine rings is 1. The van der Waals surface area contributed by atoms with E-state index in [1.54, 1.807) is 6.07 Å². The zero-order chi connectivity index (χ0) is 31.1. The predicted octanol–water partition coefficient (Wildman–Crippen LogP) is 8.63. The summed E-state index contributed by atoms with van der Waals surface area (Å²) in [4.78, 5) is 15.8. The molecule has 3 heterocycles. The first-order chi connectivity index (χ1) is 21.0. The molecular formula is C33H27F6N5. The lowest BCUT2D eigenvalue weighted by atomic mass is 9.93. The van der Waals surface area contributed by atoms with E-state index in [0.717, 1.165) is 31.2 Å². The number of nitrogens with one attached hydrogen (secondary N) is 1. The number of aromatic nitrogens is 3. The Hall–Kier alpha value is -4.51. The third-order valence-corrected chi connectivity index (χ3v) is 7.95. The summed E-state index contributed by atoms with van der Waals surface area (Å²) in [5, 5.41) is 3.59. The van der Waals surface area contributed by atoms with Crippen molar-refractivity contribution in [3.05, 3.63) is 113 Å². The molecule has 1 aliphatic heterocycles. The van der Waals surface area contributed by atoms with Crippen LogP contribution < -0.4 is 5.32 Å². The topological polar surface area (TPSA) is 53.9 Å². The molecular weight excluding hydrogens is 580 g/mol. The first-order valence-corrected chi connectivity index (χ1v) is 14.1. The van der Waals surface area contributed by atoms with Gasteiger partial charge in [-0.2, -0.15) is 26.3 Å². The van der Waals surface area contributed by atoms with Crippen molar-refractivity contribution in [2.75, 3.05) is 18.4 Å².